The van der Waals surface area contributed by atoms with Crippen molar-refractivity contribution in [3.8, 4) is 22.8 Å². The van der Waals surface area contributed by atoms with Gasteiger partial charge in [0, 0.05) is 24.3 Å². The molecule has 3 heterocycles. The third kappa shape index (κ3) is 3.90. The van der Waals surface area contributed by atoms with E-state index in [1.807, 2.05) is 59.5 Å². The molecule has 0 fully saturated rings. The number of fused-ring (bicyclic) bond motifs is 3. The van der Waals surface area contributed by atoms with Crippen molar-refractivity contribution in [2.45, 2.75) is 25.6 Å². The van der Waals surface area contributed by atoms with Crippen molar-refractivity contribution in [1.82, 2.24) is 19.5 Å². The van der Waals surface area contributed by atoms with Gasteiger partial charge in [0.25, 0.3) is 5.91 Å². The fourth-order valence-corrected chi connectivity index (χ4v) is 4.29. The van der Waals surface area contributed by atoms with Crippen molar-refractivity contribution < 1.29 is 14.6 Å². The van der Waals surface area contributed by atoms with Crippen molar-refractivity contribution in [2.24, 2.45) is 5.73 Å². The van der Waals surface area contributed by atoms with Gasteiger partial charge in [0.05, 0.1) is 5.69 Å². The summed E-state index contributed by atoms with van der Waals surface area (Å²) in [5, 5.41) is 15.0. The molecule has 0 saturated carbocycles. The van der Waals surface area contributed by atoms with Gasteiger partial charge >= 0.3 is 0 Å². The molecule has 168 valence electrons. The van der Waals surface area contributed by atoms with Gasteiger partial charge in [-0.15, -0.1) is 0 Å². The molecule has 8 heteroatoms. The highest BCUT2D eigenvalue weighted by atomic mass is 16.5. The molecule has 1 aliphatic rings. The van der Waals surface area contributed by atoms with Crippen LogP contribution in [-0.2, 0) is 13.0 Å². The van der Waals surface area contributed by atoms with Crippen LogP contribution in [0.5, 0.6) is 11.5 Å². The summed E-state index contributed by atoms with van der Waals surface area (Å²) in [6, 6.07) is 16.9. The lowest BCUT2D eigenvalue weighted by molar-refractivity contribution is 0.0358. The van der Waals surface area contributed by atoms with E-state index in [4.69, 9.17) is 15.6 Å². The Balaban J connectivity index is 1.53. The molecule has 5 rings (SSSR count). The van der Waals surface area contributed by atoms with Crippen LogP contribution < -0.4 is 10.5 Å². The van der Waals surface area contributed by atoms with Gasteiger partial charge in [0.1, 0.15) is 34.6 Å². The molecule has 4 aromatic rings. The number of ether oxygens (including phenoxy) is 1. The topological polar surface area (TPSA) is 109 Å². The molecule has 1 amide bonds. The minimum Gasteiger partial charge on any atom is -0.457 e. The molecule has 2 aromatic carbocycles. The smallest absolute Gasteiger partial charge is 0.254 e. The predicted molar refractivity (Wildman–Crippen MR) is 125 cm³/mol. The fraction of sp³-hybridized carbons (Fsp3) is 0.200. The molecule has 1 atom stereocenters. The number of aromatic nitrogens is 3. The summed E-state index contributed by atoms with van der Waals surface area (Å²) in [5.41, 5.74) is 9.85. The lowest BCUT2D eigenvalue weighted by Gasteiger charge is -2.23. The first-order valence-corrected chi connectivity index (χ1v) is 10.9. The number of amides is 1. The van der Waals surface area contributed by atoms with Crippen LogP contribution in [0.15, 0.2) is 67.3 Å². The lowest BCUT2D eigenvalue weighted by Crippen LogP contribution is -2.33. The van der Waals surface area contributed by atoms with Crippen LogP contribution in [0.1, 0.15) is 28.2 Å². The highest BCUT2D eigenvalue weighted by molar-refractivity contribution is 6.04. The Morgan fingerprint density at radius 2 is 1.91 bits per heavy atom. The minimum atomic E-state index is -0.747. The zero-order chi connectivity index (χ0) is 22.9. The van der Waals surface area contributed by atoms with Crippen LogP contribution in [0.4, 0.5) is 0 Å². The van der Waals surface area contributed by atoms with Crippen LogP contribution >= 0.6 is 0 Å². The molecule has 0 radical (unpaired) electrons. The Hall–Kier alpha value is -3.88. The lowest BCUT2D eigenvalue weighted by atomic mass is 10.1. The number of aliphatic hydroxyl groups excluding tert-OH is 1. The Bertz CT molecular complexity index is 1310. The number of benzene rings is 2. The number of nitrogens with two attached hydrogens (primary N) is 1. The van der Waals surface area contributed by atoms with Crippen LogP contribution in [0, 0.1) is 0 Å². The van der Waals surface area contributed by atoms with E-state index in [2.05, 4.69) is 11.6 Å². The third-order valence-electron chi connectivity index (χ3n) is 5.92. The van der Waals surface area contributed by atoms with Gasteiger partial charge in [-0.1, -0.05) is 24.8 Å². The molecule has 4 N–H and O–H groups in total. The monoisotopic (exact) mass is 443 g/mol. The van der Waals surface area contributed by atoms with Crippen molar-refractivity contribution in [1.29, 1.82) is 0 Å². The number of carbonyl (C=O) groups excluding carboxylic acids is 1. The third-order valence-corrected chi connectivity index (χ3v) is 5.92. The Morgan fingerprint density at radius 3 is 2.61 bits per heavy atom. The number of nitrogens with zero attached hydrogens (tertiary/aromatic N) is 3. The van der Waals surface area contributed by atoms with Crippen molar-refractivity contribution in [2.75, 3.05) is 6.54 Å². The summed E-state index contributed by atoms with van der Waals surface area (Å²) in [7, 11) is 0. The molecule has 0 saturated heterocycles. The number of aromatic amines is 1. The number of imidazole rings is 1. The molecular weight excluding hydrogens is 418 g/mol. The number of nitrogens with one attached hydrogen (secondary N) is 1. The molecule has 33 heavy (non-hydrogen) atoms. The number of aliphatic hydroxyl groups is 1. The van der Waals surface area contributed by atoms with Crippen LogP contribution in [0.2, 0.25) is 0 Å². The average molecular weight is 444 g/mol. The van der Waals surface area contributed by atoms with E-state index in [1.165, 1.54) is 6.08 Å². The van der Waals surface area contributed by atoms with Gasteiger partial charge in [0.15, 0.2) is 0 Å². The van der Waals surface area contributed by atoms with Gasteiger partial charge in [-0.2, -0.15) is 5.10 Å². The van der Waals surface area contributed by atoms with Crippen molar-refractivity contribution >= 4 is 11.6 Å². The highest BCUT2D eigenvalue weighted by Crippen LogP contribution is 2.31. The van der Waals surface area contributed by atoms with E-state index in [-0.39, 0.29) is 0 Å². The van der Waals surface area contributed by atoms with Crippen LogP contribution in [0.3, 0.4) is 0 Å². The summed E-state index contributed by atoms with van der Waals surface area (Å²) in [6.07, 6.45) is 2.42. The summed E-state index contributed by atoms with van der Waals surface area (Å²) in [6.45, 7) is 4.90. The first-order chi connectivity index (χ1) is 16.0. The van der Waals surface area contributed by atoms with Gasteiger partial charge in [-0.05, 0) is 55.3 Å². The Labute approximate surface area is 190 Å². The first kappa shape index (κ1) is 21.0. The number of primary amides is 1. The van der Waals surface area contributed by atoms with Crippen LogP contribution in [-0.4, -0.2) is 43.3 Å². The summed E-state index contributed by atoms with van der Waals surface area (Å²) < 4.78 is 7.61. The van der Waals surface area contributed by atoms with E-state index >= 15 is 0 Å². The standard InChI is InChI=1S/C25H25N5O3/c1-2-21(31)29-14-6-9-19-20(15-29)30-25(27-19)22(24(26)32)23(28-30)16-10-12-18(13-11-16)33-17-7-4-3-5-8-17/h2-5,7-8,10-13,21,27,31H,1,6,9,14-15H2,(H2,26,32). The molecule has 0 aliphatic carbocycles. The second kappa shape index (κ2) is 8.57. The quantitative estimate of drug-likeness (QED) is 0.396. The van der Waals surface area contributed by atoms with E-state index in [9.17, 15) is 9.90 Å². The average Bonchev–Trinajstić information content (AvgIpc) is 3.27. The van der Waals surface area contributed by atoms with E-state index < -0.39 is 12.1 Å². The Morgan fingerprint density at radius 1 is 1.18 bits per heavy atom. The predicted octanol–water partition coefficient (Wildman–Crippen LogP) is 3.47. The molecule has 0 spiro atoms. The molecule has 2 aromatic heterocycles. The maximum absolute atomic E-state index is 12.4. The van der Waals surface area contributed by atoms with E-state index in [0.717, 1.165) is 42.1 Å². The number of rotatable bonds is 6. The first-order valence-electron chi connectivity index (χ1n) is 10.9. The molecular formula is C25H25N5O3. The van der Waals surface area contributed by atoms with Gasteiger partial charge in [-0.3, -0.25) is 9.69 Å². The number of carbonyl (C=O) groups is 1. The number of para-hydroxylation sites is 1. The summed E-state index contributed by atoms with van der Waals surface area (Å²) in [5.74, 6) is 0.870. The number of H-pyrrole nitrogens is 1. The maximum Gasteiger partial charge on any atom is 0.254 e. The van der Waals surface area contributed by atoms with E-state index in [1.54, 1.807) is 4.52 Å². The van der Waals surface area contributed by atoms with Gasteiger partial charge < -0.3 is 20.6 Å². The Kier molecular flexibility index (Phi) is 5.45. The SMILES string of the molecule is C=CC(O)N1CCCc2[nH]c3c(C(N)=O)c(-c4ccc(Oc5ccccc5)cc4)nn3c2C1. The minimum absolute atomic E-state index is 0.343. The number of hydrogen-bond acceptors (Lipinski definition) is 5. The second-order valence-corrected chi connectivity index (χ2v) is 8.06. The van der Waals surface area contributed by atoms with E-state index in [0.29, 0.717) is 29.2 Å². The zero-order valence-corrected chi connectivity index (χ0v) is 18.1. The molecule has 8 nitrogen and oxygen atoms in total. The molecule has 0 bridgehead atoms. The second-order valence-electron chi connectivity index (χ2n) is 8.06. The van der Waals surface area contributed by atoms with Gasteiger partial charge in [-0.25, -0.2) is 4.52 Å². The number of aryl methyl sites for hydroxylation is 1. The number of hydrogen-bond donors (Lipinski definition) is 3. The summed E-state index contributed by atoms with van der Waals surface area (Å²) >= 11 is 0. The fourth-order valence-electron chi connectivity index (χ4n) is 4.29. The van der Waals surface area contributed by atoms with Crippen molar-refractivity contribution in [3.63, 3.8) is 0 Å². The van der Waals surface area contributed by atoms with Crippen LogP contribution in [0.25, 0.3) is 16.9 Å². The molecule has 1 aliphatic heterocycles. The largest absolute Gasteiger partial charge is 0.457 e. The zero-order valence-electron chi connectivity index (χ0n) is 18.1. The normalized spacial score (nSPS) is 15.1. The summed E-state index contributed by atoms with van der Waals surface area (Å²) in [4.78, 5) is 17.7. The van der Waals surface area contributed by atoms with Crippen molar-refractivity contribution in [3.05, 3.63) is 84.2 Å². The highest BCUT2D eigenvalue weighted by Gasteiger charge is 2.27. The maximum atomic E-state index is 12.4. The van der Waals surface area contributed by atoms with Gasteiger partial charge in [0.2, 0.25) is 0 Å². The molecule has 1 unspecified atom stereocenters.